The van der Waals surface area contributed by atoms with Crippen molar-refractivity contribution in [2.24, 2.45) is 11.7 Å². The first kappa shape index (κ1) is 12.5. The van der Waals surface area contributed by atoms with Crippen molar-refractivity contribution < 1.29 is 4.79 Å². The van der Waals surface area contributed by atoms with Gasteiger partial charge in [0.05, 0.1) is 5.54 Å². The van der Waals surface area contributed by atoms with Gasteiger partial charge in [-0.1, -0.05) is 13.3 Å². The Hall–Kier alpha value is -0.570. The molecule has 88 valence electrons. The third-order valence-corrected chi connectivity index (χ3v) is 3.32. The Kier molecular flexibility index (Phi) is 3.44. The Morgan fingerprint density at radius 2 is 1.93 bits per heavy atom. The zero-order chi connectivity index (χ0) is 11.7. The van der Waals surface area contributed by atoms with Crippen LogP contribution in [-0.4, -0.2) is 17.0 Å². The fraction of sp³-hybridized carbons (Fsp3) is 0.917. The highest BCUT2D eigenvalue weighted by Crippen LogP contribution is 2.39. The standard InChI is InChI=1S/C12H24N2O/c1-5-8-12(4,13)10(15)14-11(2,3)9-6-7-9/h9H,5-8,13H2,1-4H3,(H,14,15). The summed E-state index contributed by atoms with van der Waals surface area (Å²) in [6, 6.07) is 0. The lowest BCUT2D eigenvalue weighted by molar-refractivity contribution is -0.127. The summed E-state index contributed by atoms with van der Waals surface area (Å²) in [6.07, 6.45) is 4.12. The molecule has 3 nitrogen and oxygen atoms in total. The summed E-state index contributed by atoms with van der Waals surface area (Å²) >= 11 is 0. The molecule has 15 heavy (non-hydrogen) atoms. The maximum atomic E-state index is 12.0. The zero-order valence-corrected chi connectivity index (χ0v) is 10.4. The summed E-state index contributed by atoms with van der Waals surface area (Å²) in [7, 11) is 0. The van der Waals surface area contributed by atoms with E-state index in [-0.39, 0.29) is 11.4 Å². The van der Waals surface area contributed by atoms with Gasteiger partial charge in [-0.25, -0.2) is 0 Å². The molecule has 0 heterocycles. The number of hydrogen-bond donors (Lipinski definition) is 2. The van der Waals surface area contributed by atoms with Crippen LogP contribution >= 0.6 is 0 Å². The fourth-order valence-electron chi connectivity index (χ4n) is 1.98. The lowest BCUT2D eigenvalue weighted by atomic mass is 9.92. The second-order valence-corrected chi connectivity index (χ2v) is 5.62. The van der Waals surface area contributed by atoms with Crippen LogP contribution in [0.5, 0.6) is 0 Å². The predicted molar refractivity (Wildman–Crippen MR) is 62.4 cm³/mol. The maximum absolute atomic E-state index is 12.0. The van der Waals surface area contributed by atoms with Gasteiger partial charge in [-0.2, -0.15) is 0 Å². The van der Waals surface area contributed by atoms with Crippen LogP contribution in [0.2, 0.25) is 0 Å². The highest BCUT2D eigenvalue weighted by atomic mass is 16.2. The Morgan fingerprint density at radius 3 is 2.33 bits per heavy atom. The van der Waals surface area contributed by atoms with E-state index in [9.17, 15) is 4.79 Å². The highest BCUT2D eigenvalue weighted by molar-refractivity contribution is 5.86. The smallest absolute Gasteiger partial charge is 0.240 e. The molecule has 1 atom stereocenters. The summed E-state index contributed by atoms with van der Waals surface area (Å²) in [6.45, 7) is 8.04. The number of carbonyl (C=O) groups is 1. The number of nitrogens with one attached hydrogen (secondary N) is 1. The molecule has 0 spiro atoms. The molecule has 1 aliphatic carbocycles. The third-order valence-electron chi connectivity index (χ3n) is 3.32. The van der Waals surface area contributed by atoms with Gasteiger partial charge in [-0.05, 0) is 46.0 Å². The topological polar surface area (TPSA) is 55.1 Å². The molecule has 1 aliphatic rings. The van der Waals surface area contributed by atoms with Crippen LogP contribution in [0.25, 0.3) is 0 Å². The van der Waals surface area contributed by atoms with Crippen molar-refractivity contribution in [2.45, 2.75) is 64.5 Å². The average Bonchev–Trinajstić information content (AvgIpc) is 2.84. The van der Waals surface area contributed by atoms with E-state index in [4.69, 9.17) is 5.73 Å². The second-order valence-electron chi connectivity index (χ2n) is 5.62. The molecule has 0 radical (unpaired) electrons. The molecule has 0 bridgehead atoms. The molecule has 0 aliphatic heterocycles. The number of amides is 1. The van der Waals surface area contributed by atoms with Crippen LogP contribution in [0.3, 0.4) is 0 Å². The van der Waals surface area contributed by atoms with Gasteiger partial charge in [0.15, 0.2) is 0 Å². The van der Waals surface area contributed by atoms with Crippen molar-refractivity contribution in [3.05, 3.63) is 0 Å². The van der Waals surface area contributed by atoms with Gasteiger partial charge in [-0.3, -0.25) is 4.79 Å². The summed E-state index contributed by atoms with van der Waals surface area (Å²) < 4.78 is 0. The van der Waals surface area contributed by atoms with Gasteiger partial charge in [-0.15, -0.1) is 0 Å². The monoisotopic (exact) mass is 212 g/mol. The van der Waals surface area contributed by atoms with E-state index in [1.807, 2.05) is 13.8 Å². The summed E-state index contributed by atoms with van der Waals surface area (Å²) in [5.74, 6) is 0.625. The average molecular weight is 212 g/mol. The Balaban J connectivity index is 2.53. The number of carbonyl (C=O) groups excluding carboxylic acids is 1. The summed E-state index contributed by atoms with van der Waals surface area (Å²) in [4.78, 5) is 12.0. The summed E-state index contributed by atoms with van der Waals surface area (Å²) in [5.41, 5.74) is 5.17. The molecule has 3 heteroatoms. The molecule has 0 aromatic carbocycles. The first-order valence-corrected chi connectivity index (χ1v) is 5.91. The number of nitrogens with two attached hydrogens (primary N) is 1. The van der Waals surface area contributed by atoms with Crippen molar-refractivity contribution in [1.29, 1.82) is 0 Å². The molecule has 0 saturated heterocycles. The van der Waals surface area contributed by atoms with E-state index in [2.05, 4.69) is 19.2 Å². The molecule has 1 unspecified atom stereocenters. The van der Waals surface area contributed by atoms with Crippen LogP contribution in [-0.2, 0) is 4.79 Å². The van der Waals surface area contributed by atoms with E-state index in [1.54, 1.807) is 0 Å². The minimum Gasteiger partial charge on any atom is -0.349 e. The maximum Gasteiger partial charge on any atom is 0.240 e. The largest absolute Gasteiger partial charge is 0.349 e. The minimum atomic E-state index is -0.721. The SMILES string of the molecule is CCCC(C)(N)C(=O)NC(C)(C)C1CC1. The predicted octanol–water partition coefficient (Wildman–Crippen LogP) is 1.81. The molecule has 1 amide bonds. The molecule has 1 fully saturated rings. The van der Waals surface area contributed by atoms with Crippen molar-refractivity contribution in [1.82, 2.24) is 5.32 Å². The second kappa shape index (κ2) is 4.12. The lowest BCUT2D eigenvalue weighted by Crippen LogP contribution is -2.57. The van der Waals surface area contributed by atoms with Crippen LogP contribution in [0, 0.1) is 5.92 Å². The molecule has 1 saturated carbocycles. The Bertz CT molecular complexity index is 242. The normalized spacial score (nSPS) is 20.9. The Labute approximate surface area is 92.8 Å². The van der Waals surface area contributed by atoms with Crippen LogP contribution in [0.1, 0.15) is 53.4 Å². The summed E-state index contributed by atoms with van der Waals surface area (Å²) in [5, 5.41) is 3.08. The zero-order valence-electron chi connectivity index (χ0n) is 10.4. The van der Waals surface area contributed by atoms with E-state index in [1.165, 1.54) is 12.8 Å². The molecular weight excluding hydrogens is 188 g/mol. The van der Waals surface area contributed by atoms with E-state index < -0.39 is 5.54 Å². The molecule has 3 N–H and O–H groups in total. The Morgan fingerprint density at radius 1 is 1.40 bits per heavy atom. The van der Waals surface area contributed by atoms with Gasteiger partial charge in [0.25, 0.3) is 0 Å². The quantitative estimate of drug-likeness (QED) is 0.730. The van der Waals surface area contributed by atoms with Crippen LogP contribution in [0.15, 0.2) is 0 Å². The van der Waals surface area contributed by atoms with Crippen LogP contribution in [0.4, 0.5) is 0 Å². The van der Waals surface area contributed by atoms with E-state index in [0.29, 0.717) is 5.92 Å². The van der Waals surface area contributed by atoms with E-state index in [0.717, 1.165) is 12.8 Å². The van der Waals surface area contributed by atoms with Crippen molar-refractivity contribution in [3.8, 4) is 0 Å². The number of hydrogen-bond acceptors (Lipinski definition) is 2. The fourth-order valence-corrected chi connectivity index (χ4v) is 1.98. The minimum absolute atomic E-state index is 0.0127. The van der Waals surface area contributed by atoms with Gasteiger partial charge < -0.3 is 11.1 Å². The van der Waals surface area contributed by atoms with Gasteiger partial charge in [0.1, 0.15) is 0 Å². The van der Waals surface area contributed by atoms with Gasteiger partial charge >= 0.3 is 0 Å². The molecule has 0 aromatic heterocycles. The molecule has 1 rings (SSSR count). The number of rotatable bonds is 5. The molecular formula is C12H24N2O. The van der Waals surface area contributed by atoms with Crippen molar-refractivity contribution >= 4 is 5.91 Å². The van der Waals surface area contributed by atoms with Crippen molar-refractivity contribution in [2.75, 3.05) is 0 Å². The van der Waals surface area contributed by atoms with Gasteiger partial charge in [0, 0.05) is 5.54 Å². The van der Waals surface area contributed by atoms with Crippen molar-refractivity contribution in [3.63, 3.8) is 0 Å². The highest BCUT2D eigenvalue weighted by Gasteiger charge is 2.41. The first-order chi connectivity index (χ1) is 6.79. The van der Waals surface area contributed by atoms with Crippen LogP contribution < -0.4 is 11.1 Å². The first-order valence-electron chi connectivity index (χ1n) is 5.91. The lowest BCUT2D eigenvalue weighted by Gasteiger charge is -2.32. The van der Waals surface area contributed by atoms with E-state index >= 15 is 0 Å². The van der Waals surface area contributed by atoms with Gasteiger partial charge in [0.2, 0.25) is 5.91 Å². The third kappa shape index (κ3) is 3.20. The molecule has 0 aromatic rings.